The van der Waals surface area contributed by atoms with Crippen molar-refractivity contribution in [2.24, 2.45) is 0 Å². The average Bonchev–Trinajstić information content (AvgIpc) is 2.74. The summed E-state index contributed by atoms with van der Waals surface area (Å²) in [5.41, 5.74) is 0.833. The molecular formula is C11H15N3O2S. The van der Waals surface area contributed by atoms with Crippen LogP contribution < -0.4 is 10.1 Å². The van der Waals surface area contributed by atoms with Crippen molar-refractivity contribution in [2.75, 3.05) is 11.5 Å². The molecule has 0 bridgehead atoms. The van der Waals surface area contributed by atoms with Gasteiger partial charge in [0.15, 0.2) is 5.75 Å². The number of hydrogen-bond acceptors (Lipinski definition) is 4. The van der Waals surface area contributed by atoms with E-state index in [1.165, 1.54) is 12.2 Å². The molecule has 1 saturated heterocycles. The first-order chi connectivity index (χ1) is 8.24. The molecule has 0 aliphatic carbocycles. The fourth-order valence-electron chi connectivity index (χ4n) is 2.26. The Morgan fingerprint density at radius 1 is 1.65 bits per heavy atom. The predicted octanol–water partition coefficient (Wildman–Crippen LogP) is 2.11. The van der Waals surface area contributed by atoms with Crippen LogP contribution in [0.25, 0.3) is 0 Å². The Labute approximate surface area is 104 Å². The molecule has 17 heavy (non-hydrogen) atoms. The first kappa shape index (κ1) is 11.0. The molecule has 2 unspecified atom stereocenters. The third-order valence-electron chi connectivity index (χ3n) is 3.18. The van der Waals surface area contributed by atoms with Crippen molar-refractivity contribution in [3.63, 3.8) is 0 Å². The third-order valence-corrected chi connectivity index (χ3v) is 4.38. The van der Waals surface area contributed by atoms with Crippen LogP contribution in [0.3, 0.4) is 0 Å². The summed E-state index contributed by atoms with van der Waals surface area (Å²) in [6, 6.07) is 0.369. The highest BCUT2D eigenvalue weighted by Crippen LogP contribution is 2.32. The number of aromatic nitrogens is 2. The largest absolute Gasteiger partial charge is 0.413 e. The molecule has 0 radical (unpaired) electrons. The highest BCUT2D eigenvalue weighted by Gasteiger charge is 2.28. The minimum Gasteiger partial charge on any atom is -0.407 e. The number of carbonyl (C=O) groups is 1. The second kappa shape index (κ2) is 4.25. The number of thioether (sulfide) groups is 1. The summed E-state index contributed by atoms with van der Waals surface area (Å²) < 4.78 is 7.10. The van der Waals surface area contributed by atoms with Crippen molar-refractivity contribution in [3.05, 3.63) is 11.9 Å². The highest BCUT2D eigenvalue weighted by molar-refractivity contribution is 7.99. The van der Waals surface area contributed by atoms with E-state index in [-0.39, 0.29) is 12.1 Å². The summed E-state index contributed by atoms with van der Waals surface area (Å²) >= 11 is 1.96. The van der Waals surface area contributed by atoms with Crippen LogP contribution in [0.15, 0.2) is 6.20 Å². The Hall–Kier alpha value is -1.17. The van der Waals surface area contributed by atoms with Crippen LogP contribution in [0.4, 0.5) is 4.79 Å². The van der Waals surface area contributed by atoms with Crippen LogP contribution in [-0.2, 0) is 0 Å². The number of ether oxygens (including phenoxy) is 1. The molecule has 1 aromatic rings. The highest BCUT2D eigenvalue weighted by atomic mass is 32.2. The number of carbonyl (C=O) groups excluding carboxylic acids is 1. The molecule has 1 amide bonds. The maximum absolute atomic E-state index is 11.2. The van der Waals surface area contributed by atoms with Crippen molar-refractivity contribution < 1.29 is 9.53 Å². The third kappa shape index (κ3) is 2.01. The normalized spacial score (nSPS) is 28.2. The van der Waals surface area contributed by atoms with Gasteiger partial charge in [0.2, 0.25) is 0 Å². The van der Waals surface area contributed by atoms with Gasteiger partial charge in [-0.15, -0.1) is 0 Å². The molecule has 6 heteroatoms. The lowest BCUT2D eigenvalue weighted by atomic mass is 10.2. The van der Waals surface area contributed by atoms with Crippen molar-refractivity contribution in [1.82, 2.24) is 15.1 Å². The molecule has 1 fully saturated rings. The summed E-state index contributed by atoms with van der Waals surface area (Å²) in [6.07, 6.45) is 3.86. The minimum absolute atomic E-state index is 0.0660. The van der Waals surface area contributed by atoms with Gasteiger partial charge in [-0.2, -0.15) is 16.9 Å². The van der Waals surface area contributed by atoms with Crippen LogP contribution in [-0.4, -0.2) is 27.4 Å². The van der Waals surface area contributed by atoms with Crippen molar-refractivity contribution in [3.8, 4) is 5.75 Å². The summed E-state index contributed by atoms with van der Waals surface area (Å²) in [5.74, 6) is 2.94. The van der Waals surface area contributed by atoms with Crippen molar-refractivity contribution in [1.29, 1.82) is 0 Å². The Balaban J connectivity index is 1.88. The fraction of sp³-hybridized carbons (Fsp3) is 0.636. The number of nitrogens with zero attached hydrogens (tertiary/aromatic N) is 2. The van der Waals surface area contributed by atoms with Crippen LogP contribution in [0.2, 0.25) is 0 Å². The molecule has 3 heterocycles. The zero-order valence-electron chi connectivity index (χ0n) is 9.68. The SMILES string of the molecule is CC1NC(=O)Oc2cn(C3CCCSC3)nc21. The van der Waals surface area contributed by atoms with Crippen LogP contribution in [0.5, 0.6) is 5.75 Å². The van der Waals surface area contributed by atoms with Gasteiger partial charge in [0.1, 0.15) is 5.69 Å². The van der Waals surface area contributed by atoms with Gasteiger partial charge in [0.05, 0.1) is 18.3 Å². The van der Waals surface area contributed by atoms with Crippen molar-refractivity contribution >= 4 is 17.9 Å². The Morgan fingerprint density at radius 3 is 3.29 bits per heavy atom. The summed E-state index contributed by atoms with van der Waals surface area (Å²) in [4.78, 5) is 11.2. The lowest BCUT2D eigenvalue weighted by molar-refractivity contribution is 0.189. The Bertz CT molecular complexity index is 440. The molecule has 1 N–H and O–H groups in total. The standard InChI is InChI=1S/C11H15N3O2S/c1-7-10-9(16-11(15)12-7)5-14(13-10)8-3-2-4-17-6-8/h5,7-8H,2-4,6H2,1H3,(H,12,15). The van der Waals surface area contributed by atoms with Gasteiger partial charge in [-0.3, -0.25) is 4.68 Å². The average molecular weight is 253 g/mol. The molecule has 2 aliphatic rings. The lowest BCUT2D eigenvalue weighted by Crippen LogP contribution is -2.34. The molecule has 1 aromatic heterocycles. The number of nitrogens with one attached hydrogen (secondary N) is 1. The van der Waals surface area contributed by atoms with E-state index in [0.717, 1.165) is 17.9 Å². The van der Waals surface area contributed by atoms with Gasteiger partial charge in [0.25, 0.3) is 0 Å². The van der Waals surface area contributed by atoms with E-state index in [4.69, 9.17) is 4.74 Å². The summed E-state index contributed by atoms with van der Waals surface area (Å²) in [5, 5.41) is 7.26. The smallest absolute Gasteiger partial charge is 0.407 e. The van der Waals surface area contributed by atoms with Gasteiger partial charge < -0.3 is 10.1 Å². The molecule has 3 rings (SSSR count). The Morgan fingerprint density at radius 2 is 2.53 bits per heavy atom. The summed E-state index contributed by atoms with van der Waals surface area (Å²) in [7, 11) is 0. The first-order valence-corrected chi connectivity index (χ1v) is 7.04. The second-order valence-electron chi connectivity index (χ2n) is 4.49. The van der Waals surface area contributed by atoms with E-state index in [0.29, 0.717) is 11.8 Å². The maximum atomic E-state index is 11.2. The van der Waals surface area contributed by atoms with Gasteiger partial charge in [-0.25, -0.2) is 4.79 Å². The zero-order chi connectivity index (χ0) is 11.8. The molecular weight excluding hydrogens is 238 g/mol. The molecule has 0 aromatic carbocycles. The number of rotatable bonds is 1. The first-order valence-electron chi connectivity index (χ1n) is 5.89. The van der Waals surface area contributed by atoms with Crippen LogP contribution in [0.1, 0.15) is 37.5 Å². The quantitative estimate of drug-likeness (QED) is 0.833. The molecule has 2 aliphatic heterocycles. The van der Waals surface area contributed by atoms with Gasteiger partial charge in [0, 0.05) is 5.75 Å². The monoisotopic (exact) mass is 253 g/mol. The predicted molar refractivity (Wildman–Crippen MR) is 65.4 cm³/mol. The second-order valence-corrected chi connectivity index (χ2v) is 5.63. The van der Waals surface area contributed by atoms with Gasteiger partial charge in [-0.1, -0.05) is 0 Å². The van der Waals surface area contributed by atoms with Gasteiger partial charge >= 0.3 is 6.09 Å². The van der Waals surface area contributed by atoms with E-state index < -0.39 is 0 Å². The van der Waals surface area contributed by atoms with Crippen molar-refractivity contribution in [2.45, 2.75) is 31.8 Å². The molecule has 2 atom stereocenters. The van der Waals surface area contributed by atoms with Gasteiger partial charge in [-0.05, 0) is 25.5 Å². The van der Waals surface area contributed by atoms with E-state index in [1.807, 2.05) is 29.6 Å². The topological polar surface area (TPSA) is 56.1 Å². The van der Waals surface area contributed by atoms with E-state index in [9.17, 15) is 4.79 Å². The number of hydrogen-bond donors (Lipinski definition) is 1. The number of fused-ring (bicyclic) bond motifs is 1. The fourth-order valence-corrected chi connectivity index (χ4v) is 3.39. The molecule has 92 valence electrons. The Kier molecular flexibility index (Phi) is 2.74. The van der Waals surface area contributed by atoms with E-state index >= 15 is 0 Å². The van der Waals surface area contributed by atoms with Crippen LogP contribution >= 0.6 is 11.8 Å². The maximum Gasteiger partial charge on any atom is 0.413 e. The molecule has 0 spiro atoms. The lowest BCUT2D eigenvalue weighted by Gasteiger charge is -2.21. The molecule has 0 saturated carbocycles. The summed E-state index contributed by atoms with van der Waals surface area (Å²) in [6.45, 7) is 1.92. The number of amides is 1. The molecule has 5 nitrogen and oxygen atoms in total. The van der Waals surface area contributed by atoms with Crippen LogP contribution in [0, 0.1) is 0 Å². The van der Waals surface area contributed by atoms with E-state index in [2.05, 4.69) is 10.4 Å². The minimum atomic E-state index is -0.387. The zero-order valence-corrected chi connectivity index (χ0v) is 10.5. The van der Waals surface area contributed by atoms with E-state index in [1.54, 1.807) is 0 Å².